The molecule has 0 bridgehead atoms. The number of benzene rings is 3. The van der Waals surface area contributed by atoms with Crippen molar-refractivity contribution in [3.05, 3.63) is 93.2 Å². The van der Waals surface area contributed by atoms with Gasteiger partial charge in [-0.05, 0) is 48.9 Å². The highest BCUT2D eigenvalue weighted by Gasteiger charge is 2.19. The zero-order valence-corrected chi connectivity index (χ0v) is 20.0. The summed E-state index contributed by atoms with van der Waals surface area (Å²) >= 11 is 4.63. The number of hydrogen-bond acceptors (Lipinski definition) is 4. The quantitative estimate of drug-likeness (QED) is 0.232. The lowest BCUT2D eigenvalue weighted by atomic mass is 10.2. The van der Waals surface area contributed by atoms with Gasteiger partial charge in [0.15, 0.2) is 5.16 Å². The van der Waals surface area contributed by atoms with Gasteiger partial charge in [0.2, 0.25) is 5.91 Å². The standard InChI is InChI=1S/C25H19BrN4O2S/c1-15-6-2-5-9-20(15)30-24(32)23-22(18-7-3-4-8-19(18)28-23)29-25(30)33-14-21(31)27-17-12-10-16(26)11-13-17/h2-13,28H,14H2,1H3,(H,27,31). The van der Waals surface area contributed by atoms with Gasteiger partial charge in [0, 0.05) is 21.1 Å². The van der Waals surface area contributed by atoms with E-state index in [0.29, 0.717) is 21.9 Å². The zero-order valence-electron chi connectivity index (χ0n) is 17.6. The van der Waals surface area contributed by atoms with Crippen molar-refractivity contribution in [2.24, 2.45) is 0 Å². The van der Waals surface area contributed by atoms with Crippen LogP contribution in [0, 0.1) is 6.92 Å². The molecule has 2 heterocycles. The highest BCUT2D eigenvalue weighted by Crippen LogP contribution is 2.27. The number of carbonyl (C=O) groups excluding carboxylic acids is 1. The number of amides is 1. The fourth-order valence-electron chi connectivity index (χ4n) is 3.73. The van der Waals surface area contributed by atoms with Crippen LogP contribution in [0.5, 0.6) is 0 Å². The fraction of sp³-hybridized carbons (Fsp3) is 0.0800. The van der Waals surface area contributed by atoms with Crippen LogP contribution >= 0.6 is 27.7 Å². The maximum Gasteiger partial charge on any atom is 0.283 e. The molecule has 33 heavy (non-hydrogen) atoms. The number of thioether (sulfide) groups is 1. The molecule has 0 fully saturated rings. The lowest BCUT2D eigenvalue weighted by Crippen LogP contribution is -2.23. The molecular weight excluding hydrogens is 500 g/mol. The van der Waals surface area contributed by atoms with Crippen LogP contribution in [0.15, 0.2) is 87.2 Å². The summed E-state index contributed by atoms with van der Waals surface area (Å²) in [5, 5.41) is 4.23. The summed E-state index contributed by atoms with van der Waals surface area (Å²) in [5.41, 5.74) is 4.11. The monoisotopic (exact) mass is 518 g/mol. The van der Waals surface area contributed by atoms with Crippen molar-refractivity contribution in [3.8, 4) is 5.69 Å². The minimum Gasteiger partial charge on any atom is -0.349 e. The number of nitrogens with zero attached hydrogens (tertiary/aromatic N) is 2. The largest absolute Gasteiger partial charge is 0.349 e. The third-order valence-corrected chi connectivity index (χ3v) is 6.78. The molecule has 6 nitrogen and oxygen atoms in total. The Morgan fingerprint density at radius 1 is 1.06 bits per heavy atom. The molecule has 164 valence electrons. The second-order valence-corrected chi connectivity index (χ2v) is 9.42. The number of aromatic nitrogens is 3. The van der Waals surface area contributed by atoms with Crippen molar-refractivity contribution in [2.75, 3.05) is 11.1 Å². The number of nitrogens with one attached hydrogen (secondary N) is 2. The highest BCUT2D eigenvalue weighted by atomic mass is 79.9. The van der Waals surface area contributed by atoms with Crippen LogP contribution in [0.2, 0.25) is 0 Å². The molecule has 0 radical (unpaired) electrons. The molecule has 0 aliphatic rings. The minimum absolute atomic E-state index is 0.113. The first-order valence-electron chi connectivity index (χ1n) is 10.3. The molecule has 3 aromatic carbocycles. The normalized spacial score (nSPS) is 11.2. The Morgan fingerprint density at radius 3 is 2.58 bits per heavy atom. The number of halogens is 1. The van der Waals surface area contributed by atoms with Crippen LogP contribution in [0.3, 0.4) is 0 Å². The third kappa shape index (κ3) is 4.19. The summed E-state index contributed by atoms with van der Waals surface area (Å²) < 4.78 is 2.53. The van der Waals surface area contributed by atoms with E-state index >= 15 is 0 Å². The fourth-order valence-corrected chi connectivity index (χ4v) is 4.79. The summed E-state index contributed by atoms with van der Waals surface area (Å²) in [7, 11) is 0. The van der Waals surface area contributed by atoms with Crippen molar-refractivity contribution in [3.63, 3.8) is 0 Å². The van der Waals surface area contributed by atoms with Crippen molar-refractivity contribution in [1.82, 2.24) is 14.5 Å². The van der Waals surface area contributed by atoms with Gasteiger partial charge in [0.25, 0.3) is 5.56 Å². The summed E-state index contributed by atoms with van der Waals surface area (Å²) in [4.78, 5) is 34.3. The average molecular weight is 519 g/mol. The molecule has 2 aromatic heterocycles. The number of aromatic amines is 1. The zero-order chi connectivity index (χ0) is 22.9. The molecule has 0 atom stereocenters. The molecule has 2 N–H and O–H groups in total. The van der Waals surface area contributed by atoms with Gasteiger partial charge < -0.3 is 10.3 Å². The number of anilines is 1. The second kappa shape index (κ2) is 8.88. The molecule has 0 unspecified atom stereocenters. The van der Waals surface area contributed by atoms with E-state index in [1.807, 2.05) is 79.7 Å². The third-order valence-electron chi connectivity index (χ3n) is 5.31. The van der Waals surface area contributed by atoms with Crippen molar-refractivity contribution >= 4 is 61.2 Å². The van der Waals surface area contributed by atoms with E-state index in [0.717, 1.165) is 26.6 Å². The molecule has 5 aromatic rings. The summed E-state index contributed by atoms with van der Waals surface area (Å²) in [5.74, 6) is -0.0608. The van der Waals surface area contributed by atoms with E-state index in [4.69, 9.17) is 4.98 Å². The van der Waals surface area contributed by atoms with E-state index in [9.17, 15) is 9.59 Å². The SMILES string of the molecule is Cc1ccccc1-n1c(SCC(=O)Nc2ccc(Br)cc2)nc2c([nH]c3ccccc32)c1=O. The van der Waals surface area contributed by atoms with Crippen LogP contribution in [-0.2, 0) is 4.79 Å². The first kappa shape index (κ1) is 21.5. The van der Waals surface area contributed by atoms with Gasteiger partial charge in [0.05, 0.1) is 11.4 Å². The first-order chi connectivity index (χ1) is 16.0. The molecule has 0 saturated carbocycles. The number of aryl methyl sites for hydroxylation is 1. The van der Waals surface area contributed by atoms with Crippen LogP contribution < -0.4 is 10.9 Å². The summed E-state index contributed by atoms with van der Waals surface area (Å²) in [6.45, 7) is 1.95. The highest BCUT2D eigenvalue weighted by molar-refractivity contribution is 9.10. The Balaban J connectivity index is 1.57. The number of rotatable bonds is 5. The van der Waals surface area contributed by atoms with E-state index in [-0.39, 0.29) is 17.2 Å². The summed E-state index contributed by atoms with van der Waals surface area (Å²) in [6, 6.07) is 22.7. The van der Waals surface area contributed by atoms with Crippen LogP contribution in [0.25, 0.3) is 27.6 Å². The Hall–Kier alpha value is -3.36. The Bertz CT molecular complexity index is 1560. The molecule has 0 saturated heterocycles. The second-order valence-electron chi connectivity index (χ2n) is 7.56. The van der Waals surface area contributed by atoms with Gasteiger partial charge in [0.1, 0.15) is 11.0 Å². The maximum atomic E-state index is 13.6. The van der Waals surface area contributed by atoms with Gasteiger partial charge in [-0.15, -0.1) is 0 Å². The number of H-pyrrole nitrogens is 1. The molecule has 1 amide bonds. The topological polar surface area (TPSA) is 79.8 Å². The molecule has 0 aliphatic heterocycles. The van der Waals surface area contributed by atoms with E-state index < -0.39 is 0 Å². The van der Waals surface area contributed by atoms with Gasteiger partial charge >= 0.3 is 0 Å². The lowest BCUT2D eigenvalue weighted by molar-refractivity contribution is -0.113. The number of hydrogen-bond donors (Lipinski definition) is 2. The maximum absolute atomic E-state index is 13.6. The van der Waals surface area contributed by atoms with Crippen LogP contribution in [0.4, 0.5) is 5.69 Å². The van der Waals surface area contributed by atoms with Crippen LogP contribution in [0.1, 0.15) is 5.56 Å². The summed E-state index contributed by atoms with van der Waals surface area (Å²) in [6.07, 6.45) is 0. The average Bonchev–Trinajstić information content (AvgIpc) is 3.19. The molecule has 5 rings (SSSR count). The Kier molecular flexibility index (Phi) is 5.78. The molecular formula is C25H19BrN4O2S. The smallest absolute Gasteiger partial charge is 0.283 e. The van der Waals surface area contributed by atoms with E-state index in [1.54, 1.807) is 4.57 Å². The Labute approximate surface area is 202 Å². The predicted molar refractivity (Wildman–Crippen MR) is 137 cm³/mol. The van der Waals surface area contributed by atoms with Crippen molar-refractivity contribution < 1.29 is 4.79 Å². The number of carbonyl (C=O) groups is 1. The van der Waals surface area contributed by atoms with Gasteiger partial charge in [-0.1, -0.05) is 64.1 Å². The lowest BCUT2D eigenvalue weighted by Gasteiger charge is -2.14. The minimum atomic E-state index is -0.193. The van der Waals surface area contributed by atoms with Gasteiger partial charge in [-0.3, -0.25) is 14.2 Å². The first-order valence-corrected chi connectivity index (χ1v) is 12.1. The van der Waals surface area contributed by atoms with Crippen molar-refractivity contribution in [1.29, 1.82) is 0 Å². The molecule has 0 spiro atoms. The molecule has 0 aliphatic carbocycles. The van der Waals surface area contributed by atoms with Crippen molar-refractivity contribution in [2.45, 2.75) is 12.1 Å². The Morgan fingerprint density at radius 2 is 1.79 bits per heavy atom. The number of para-hydroxylation sites is 2. The van der Waals surface area contributed by atoms with Crippen LogP contribution in [-0.4, -0.2) is 26.2 Å². The molecule has 8 heteroatoms. The van der Waals surface area contributed by atoms with Gasteiger partial charge in [-0.2, -0.15) is 0 Å². The van der Waals surface area contributed by atoms with E-state index in [1.165, 1.54) is 11.8 Å². The van der Waals surface area contributed by atoms with E-state index in [2.05, 4.69) is 26.2 Å². The predicted octanol–water partition coefficient (Wildman–Crippen LogP) is 5.67. The number of fused-ring (bicyclic) bond motifs is 3. The van der Waals surface area contributed by atoms with Gasteiger partial charge in [-0.25, -0.2) is 4.98 Å².